The van der Waals surface area contributed by atoms with Gasteiger partial charge in [-0.3, -0.25) is 0 Å². The van der Waals surface area contributed by atoms with Crippen LogP contribution in [0.25, 0.3) is 0 Å². The highest BCUT2D eigenvalue weighted by molar-refractivity contribution is 6.31. The van der Waals surface area contributed by atoms with E-state index in [1.165, 1.54) is 18.2 Å². The monoisotopic (exact) mass is 274 g/mol. The van der Waals surface area contributed by atoms with Gasteiger partial charge in [0.05, 0.1) is 11.3 Å². The van der Waals surface area contributed by atoms with Crippen LogP contribution in [0, 0.1) is 24.1 Å². The maximum atomic E-state index is 13.1. The first kappa shape index (κ1) is 13.4. The Kier molecular flexibility index (Phi) is 4.03. The standard InChI is InChI=1S/C15H12ClFN2/c1-10-3-2-4-15(13(10)8-18)19-9-11-7-12(17)5-6-14(11)16/h2-7,19H,9H2,1H3. The Morgan fingerprint density at radius 2 is 2.11 bits per heavy atom. The fourth-order valence-electron chi connectivity index (χ4n) is 1.83. The number of hydrogen-bond donors (Lipinski definition) is 1. The van der Waals surface area contributed by atoms with Crippen LogP contribution in [0.1, 0.15) is 16.7 Å². The topological polar surface area (TPSA) is 35.8 Å². The highest BCUT2D eigenvalue weighted by Gasteiger charge is 2.06. The highest BCUT2D eigenvalue weighted by Crippen LogP contribution is 2.22. The van der Waals surface area contributed by atoms with Gasteiger partial charge < -0.3 is 5.32 Å². The predicted octanol–water partition coefficient (Wildman–Crippen LogP) is 4.27. The van der Waals surface area contributed by atoms with E-state index in [1.54, 1.807) is 0 Å². The van der Waals surface area contributed by atoms with Gasteiger partial charge >= 0.3 is 0 Å². The summed E-state index contributed by atoms with van der Waals surface area (Å²) in [6.07, 6.45) is 0. The van der Waals surface area contributed by atoms with E-state index in [1.807, 2.05) is 25.1 Å². The van der Waals surface area contributed by atoms with Crippen molar-refractivity contribution >= 4 is 17.3 Å². The number of hydrogen-bond acceptors (Lipinski definition) is 2. The summed E-state index contributed by atoms with van der Waals surface area (Å²) in [4.78, 5) is 0. The quantitative estimate of drug-likeness (QED) is 0.907. The van der Waals surface area contributed by atoms with Crippen molar-refractivity contribution < 1.29 is 4.39 Å². The largest absolute Gasteiger partial charge is 0.380 e. The molecular formula is C15H12ClFN2. The zero-order chi connectivity index (χ0) is 13.8. The molecule has 0 spiro atoms. The van der Waals surface area contributed by atoms with Crippen LogP contribution in [-0.2, 0) is 6.54 Å². The number of nitrogens with one attached hydrogen (secondary N) is 1. The maximum Gasteiger partial charge on any atom is 0.123 e. The fourth-order valence-corrected chi connectivity index (χ4v) is 2.02. The molecule has 0 amide bonds. The molecule has 0 bridgehead atoms. The van der Waals surface area contributed by atoms with Crippen LogP contribution in [0.2, 0.25) is 5.02 Å². The third-order valence-corrected chi connectivity index (χ3v) is 3.23. The van der Waals surface area contributed by atoms with E-state index in [9.17, 15) is 4.39 Å². The zero-order valence-corrected chi connectivity index (χ0v) is 11.1. The van der Waals surface area contributed by atoms with Gasteiger partial charge in [0.1, 0.15) is 11.9 Å². The number of halogens is 2. The number of aryl methyl sites for hydroxylation is 1. The number of rotatable bonds is 3. The van der Waals surface area contributed by atoms with E-state index in [2.05, 4.69) is 11.4 Å². The van der Waals surface area contributed by atoms with Gasteiger partial charge in [-0.25, -0.2) is 4.39 Å². The summed E-state index contributed by atoms with van der Waals surface area (Å²) in [6.45, 7) is 2.24. The maximum absolute atomic E-state index is 13.1. The van der Waals surface area contributed by atoms with Crippen molar-refractivity contribution in [3.63, 3.8) is 0 Å². The molecule has 0 saturated heterocycles. The number of anilines is 1. The Morgan fingerprint density at radius 3 is 2.84 bits per heavy atom. The molecule has 0 aliphatic heterocycles. The fraction of sp³-hybridized carbons (Fsp3) is 0.133. The molecule has 0 heterocycles. The molecule has 2 rings (SSSR count). The SMILES string of the molecule is Cc1cccc(NCc2cc(F)ccc2Cl)c1C#N. The van der Waals surface area contributed by atoms with E-state index in [0.29, 0.717) is 22.7 Å². The van der Waals surface area contributed by atoms with Crippen LogP contribution in [0.4, 0.5) is 10.1 Å². The summed E-state index contributed by atoms with van der Waals surface area (Å²) in [5.41, 5.74) is 2.88. The minimum atomic E-state index is -0.328. The Labute approximate surface area is 116 Å². The predicted molar refractivity (Wildman–Crippen MR) is 74.6 cm³/mol. The first-order valence-electron chi connectivity index (χ1n) is 5.79. The molecule has 0 radical (unpaired) electrons. The van der Waals surface area contributed by atoms with Gasteiger partial charge in [-0.05, 0) is 42.3 Å². The minimum Gasteiger partial charge on any atom is -0.380 e. The second kappa shape index (κ2) is 5.73. The van der Waals surface area contributed by atoms with Gasteiger partial charge in [0, 0.05) is 11.6 Å². The second-order valence-electron chi connectivity index (χ2n) is 4.20. The molecule has 0 fully saturated rings. The Bertz CT molecular complexity index is 647. The van der Waals surface area contributed by atoms with E-state index in [4.69, 9.17) is 16.9 Å². The summed E-state index contributed by atoms with van der Waals surface area (Å²) in [7, 11) is 0. The Balaban J connectivity index is 2.22. The first-order valence-corrected chi connectivity index (χ1v) is 6.17. The lowest BCUT2D eigenvalue weighted by molar-refractivity contribution is 0.626. The van der Waals surface area contributed by atoms with E-state index >= 15 is 0 Å². The normalized spacial score (nSPS) is 10.0. The smallest absolute Gasteiger partial charge is 0.123 e. The number of nitrogens with zero attached hydrogens (tertiary/aromatic N) is 1. The lowest BCUT2D eigenvalue weighted by Crippen LogP contribution is -2.03. The van der Waals surface area contributed by atoms with Crippen molar-refractivity contribution in [1.82, 2.24) is 0 Å². The van der Waals surface area contributed by atoms with Crippen molar-refractivity contribution in [3.8, 4) is 6.07 Å². The van der Waals surface area contributed by atoms with Crippen molar-refractivity contribution in [1.29, 1.82) is 5.26 Å². The van der Waals surface area contributed by atoms with Crippen LogP contribution >= 0.6 is 11.6 Å². The summed E-state index contributed by atoms with van der Waals surface area (Å²) < 4.78 is 13.1. The third kappa shape index (κ3) is 3.04. The van der Waals surface area contributed by atoms with Crippen molar-refractivity contribution in [2.24, 2.45) is 0 Å². The molecule has 2 aromatic carbocycles. The lowest BCUT2D eigenvalue weighted by atomic mass is 10.1. The molecule has 0 aliphatic carbocycles. The number of nitriles is 1. The third-order valence-electron chi connectivity index (χ3n) is 2.86. The van der Waals surface area contributed by atoms with Crippen molar-refractivity contribution in [2.45, 2.75) is 13.5 Å². The van der Waals surface area contributed by atoms with E-state index < -0.39 is 0 Å². The zero-order valence-electron chi connectivity index (χ0n) is 10.4. The second-order valence-corrected chi connectivity index (χ2v) is 4.61. The van der Waals surface area contributed by atoms with Crippen molar-refractivity contribution in [2.75, 3.05) is 5.32 Å². The average molecular weight is 275 g/mol. The van der Waals surface area contributed by atoms with Gasteiger partial charge in [0.25, 0.3) is 0 Å². The van der Waals surface area contributed by atoms with E-state index in [-0.39, 0.29) is 5.82 Å². The average Bonchev–Trinajstić information content (AvgIpc) is 2.40. The molecule has 2 aromatic rings. The molecule has 0 saturated carbocycles. The molecule has 96 valence electrons. The number of benzene rings is 2. The minimum absolute atomic E-state index is 0.328. The summed E-state index contributed by atoms with van der Waals surface area (Å²) in [5.74, 6) is -0.328. The van der Waals surface area contributed by atoms with Gasteiger partial charge in [-0.1, -0.05) is 23.7 Å². The molecule has 4 heteroatoms. The van der Waals surface area contributed by atoms with Crippen LogP contribution in [0.5, 0.6) is 0 Å². The van der Waals surface area contributed by atoms with E-state index in [0.717, 1.165) is 11.3 Å². The van der Waals surface area contributed by atoms with Crippen LogP contribution in [-0.4, -0.2) is 0 Å². The molecule has 2 nitrogen and oxygen atoms in total. The van der Waals surface area contributed by atoms with Crippen LogP contribution in [0.15, 0.2) is 36.4 Å². The van der Waals surface area contributed by atoms with Gasteiger partial charge in [-0.15, -0.1) is 0 Å². The lowest BCUT2D eigenvalue weighted by Gasteiger charge is -2.11. The van der Waals surface area contributed by atoms with Crippen LogP contribution in [0.3, 0.4) is 0 Å². The highest BCUT2D eigenvalue weighted by atomic mass is 35.5. The Morgan fingerprint density at radius 1 is 1.32 bits per heavy atom. The van der Waals surface area contributed by atoms with Crippen LogP contribution < -0.4 is 5.32 Å². The molecule has 0 aromatic heterocycles. The molecule has 0 atom stereocenters. The Hall–Kier alpha value is -2.05. The molecule has 0 unspecified atom stereocenters. The van der Waals surface area contributed by atoms with Gasteiger partial charge in [0.15, 0.2) is 0 Å². The molecular weight excluding hydrogens is 263 g/mol. The van der Waals surface area contributed by atoms with Gasteiger partial charge in [0.2, 0.25) is 0 Å². The molecule has 19 heavy (non-hydrogen) atoms. The summed E-state index contributed by atoms with van der Waals surface area (Å²) in [6, 6.07) is 11.9. The van der Waals surface area contributed by atoms with Crippen molar-refractivity contribution in [3.05, 3.63) is 63.9 Å². The first-order chi connectivity index (χ1) is 9.11. The molecule has 1 N–H and O–H groups in total. The summed E-state index contributed by atoms with van der Waals surface area (Å²) >= 11 is 6.00. The molecule has 0 aliphatic rings. The summed E-state index contributed by atoms with van der Waals surface area (Å²) in [5, 5.41) is 12.7. The van der Waals surface area contributed by atoms with Gasteiger partial charge in [-0.2, -0.15) is 5.26 Å².